The highest BCUT2D eigenvalue weighted by molar-refractivity contribution is 14.0. The Morgan fingerprint density at radius 1 is 1.18 bits per heavy atom. The number of ether oxygens (including phenoxy) is 1. The van der Waals surface area contributed by atoms with E-state index in [-0.39, 0.29) is 24.0 Å². The average Bonchev–Trinajstić information content (AvgIpc) is 3.16. The molecule has 0 aromatic heterocycles. The highest BCUT2D eigenvalue weighted by Gasteiger charge is 2.19. The van der Waals surface area contributed by atoms with Crippen molar-refractivity contribution < 1.29 is 4.74 Å². The molecule has 1 heterocycles. The van der Waals surface area contributed by atoms with E-state index in [4.69, 9.17) is 4.74 Å². The van der Waals surface area contributed by atoms with Crippen LogP contribution >= 0.6 is 24.0 Å². The number of likely N-dealkylation sites (tertiary alicyclic amines) is 1. The number of halogens is 1. The normalized spacial score (nSPS) is 21.2. The molecule has 158 valence electrons. The van der Waals surface area contributed by atoms with Crippen LogP contribution in [0.25, 0.3) is 0 Å². The Morgan fingerprint density at radius 2 is 1.96 bits per heavy atom. The summed E-state index contributed by atoms with van der Waals surface area (Å²) in [6, 6.07) is 6.51. The number of benzene rings is 1. The number of nitrogens with zero attached hydrogens (tertiary/aromatic N) is 2. The largest absolute Gasteiger partial charge is 0.490 e. The zero-order valence-electron chi connectivity index (χ0n) is 17.7. The summed E-state index contributed by atoms with van der Waals surface area (Å²) in [6.07, 6.45) is 7.91. The molecule has 1 saturated carbocycles. The van der Waals surface area contributed by atoms with E-state index in [2.05, 4.69) is 52.7 Å². The molecular weight excluding hydrogens is 463 g/mol. The number of aliphatic imine (C=N–C) groups is 1. The van der Waals surface area contributed by atoms with Crippen LogP contribution in [-0.2, 0) is 6.54 Å². The average molecular weight is 500 g/mol. The molecule has 28 heavy (non-hydrogen) atoms. The van der Waals surface area contributed by atoms with Crippen LogP contribution in [0.3, 0.4) is 0 Å². The molecule has 6 heteroatoms. The topological polar surface area (TPSA) is 48.9 Å². The Hall–Kier alpha value is -1.02. The van der Waals surface area contributed by atoms with Crippen LogP contribution in [0.2, 0.25) is 0 Å². The molecule has 1 aliphatic heterocycles. The van der Waals surface area contributed by atoms with Gasteiger partial charge >= 0.3 is 0 Å². The van der Waals surface area contributed by atoms with Gasteiger partial charge < -0.3 is 20.3 Å². The van der Waals surface area contributed by atoms with Crippen LogP contribution in [-0.4, -0.2) is 50.7 Å². The summed E-state index contributed by atoms with van der Waals surface area (Å²) in [5.41, 5.74) is 2.45. The van der Waals surface area contributed by atoms with E-state index in [9.17, 15) is 0 Å². The summed E-state index contributed by atoms with van der Waals surface area (Å²) < 4.78 is 6.31. The zero-order chi connectivity index (χ0) is 19.1. The third-order valence-electron chi connectivity index (χ3n) is 5.77. The second-order valence-corrected chi connectivity index (χ2v) is 8.21. The molecule has 5 nitrogen and oxygen atoms in total. The van der Waals surface area contributed by atoms with Crippen LogP contribution < -0.4 is 15.4 Å². The van der Waals surface area contributed by atoms with Gasteiger partial charge in [0.1, 0.15) is 5.75 Å². The first-order valence-electron chi connectivity index (χ1n) is 10.5. The Morgan fingerprint density at radius 3 is 2.68 bits per heavy atom. The Bertz CT molecular complexity index is 631. The fraction of sp³-hybridized carbons (Fsp3) is 0.682. The van der Waals surface area contributed by atoms with Gasteiger partial charge in [0.05, 0.1) is 6.10 Å². The number of rotatable bonds is 6. The molecule has 0 radical (unpaired) electrons. The Kier molecular flexibility index (Phi) is 9.85. The minimum Gasteiger partial charge on any atom is -0.490 e. The minimum atomic E-state index is 0. The molecular formula is C22H37IN4O. The van der Waals surface area contributed by atoms with E-state index in [0.29, 0.717) is 12.0 Å². The van der Waals surface area contributed by atoms with Gasteiger partial charge in [-0.25, -0.2) is 0 Å². The fourth-order valence-electron chi connectivity index (χ4n) is 4.18. The lowest BCUT2D eigenvalue weighted by atomic mass is 9.99. The number of aryl methyl sites for hydroxylation is 1. The maximum absolute atomic E-state index is 6.31. The monoisotopic (exact) mass is 500 g/mol. The van der Waals surface area contributed by atoms with Crippen molar-refractivity contribution in [1.29, 1.82) is 0 Å². The molecule has 3 rings (SSSR count). The number of hydrogen-bond acceptors (Lipinski definition) is 3. The summed E-state index contributed by atoms with van der Waals surface area (Å²) in [5.74, 6) is 2.59. The third-order valence-corrected chi connectivity index (χ3v) is 5.77. The lowest BCUT2D eigenvalue weighted by Crippen LogP contribution is -2.43. The lowest BCUT2D eigenvalue weighted by molar-refractivity contribution is 0.207. The quantitative estimate of drug-likeness (QED) is 0.353. The summed E-state index contributed by atoms with van der Waals surface area (Å²) in [6.45, 7) is 6.22. The van der Waals surface area contributed by atoms with E-state index in [1.54, 1.807) is 0 Å². The van der Waals surface area contributed by atoms with Gasteiger partial charge in [0, 0.05) is 32.2 Å². The molecule has 2 aliphatic rings. The Balaban J connectivity index is 0.00000280. The van der Waals surface area contributed by atoms with Crippen molar-refractivity contribution in [2.24, 2.45) is 10.9 Å². The van der Waals surface area contributed by atoms with Crippen LogP contribution in [0.15, 0.2) is 23.2 Å². The van der Waals surface area contributed by atoms with E-state index in [0.717, 1.165) is 24.8 Å². The van der Waals surface area contributed by atoms with Gasteiger partial charge in [-0.15, -0.1) is 24.0 Å². The summed E-state index contributed by atoms with van der Waals surface area (Å²) in [7, 11) is 4.05. The molecule has 1 atom stereocenters. The molecule has 1 unspecified atom stereocenters. The highest BCUT2D eigenvalue weighted by atomic mass is 127. The lowest BCUT2D eigenvalue weighted by Gasteiger charge is -2.30. The van der Waals surface area contributed by atoms with Crippen molar-refractivity contribution in [2.45, 2.75) is 58.1 Å². The van der Waals surface area contributed by atoms with Crippen molar-refractivity contribution in [2.75, 3.05) is 33.7 Å². The standard InChI is InChI=1S/C22H36N4O.HI/c1-17-10-11-19(21(13-17)27-20-8-4-5-9-20)15-25-22(23-2)24-14-18-7-6-12-26(3)16-18;/h10-11,13,18,20H,4-9,12,14-16H2,1-3H3,(H2,23,24,25);1H. The zero-order valence-corrected chi connectivity index (χ0v) is 20.0. The predicted octanol–water partition coefficient (Wildman–Crippen LogP) is 3.94. The van der Waals surface area contributed by atoms with Gasteiger partial charge in [-0.05, 0) is 76.6 Å². The van der Waals surface area contributed by atoms with E-state index < -0.39 is 0 Å². The smallest absolute Gasteiger partial charge is 0.191 e. The molecule has 2 N–H and O–H groups in total. The second-order valence-electron chi connectivity index (χ2n) is 8.21. The summed E-state index contributed by atoms with van der Waals surface area (Å²) in [4.78, 5) is 6.82. The number of guanidine groups is 1. The van der Waals surface area contributed by atoms with Gasteiger partial charge in [-0.1, -0.05) is 12.1 Å². The van der Waals surface area contributed by atoms with E-state index >= 15 is 0 Å². The van der Waals surface area contributed by atoms with Gasteiger partial charge in [0.25, 0.3) is 0 Å². The maximum atomic E-state index is 6.31. The first-order valence-corrected chi connectivity index (χ1v) is 10.5. The highest BCUT2D eigenvalue weighted by Crippen LogP contribution is 2.27. The Labute approximate surface area is 187 Å². The molecule has 1 saturated heterocycles. The number of nitrogens with one attached hydrogen (secondary N) is 2. The van der Waals surface area contributed by atoms with Crippen molar-refractivity contribution in [3.8, 4) is 5.75 Å². The maximum Gasteiger partial charge on any atom is 0.191 e. The van der Waals surface area contributed by atoms with Crippen molar-refractivity contribution in [3.05, 3.63) is 29.3 Å². The minimum absolute atomic E-state index is 0. The third kappa shape index (κ3) is 7.10. The number of hydrogen-bond donors (Lipinski definition) is 2. The van der Waals surface area contributed by atoms with Crippen LogP contribution in [0, 0.1) is 12.8 Å². The molecule has 1 aromatic rings. The van der Waals surface area contributed by atoms with Gasteiger partial charge in [-0.2, -0.15) is 0 Å². The SMILES string of the molecule is CN=C(NCc1ccc(C)cc1OC1CCCC1)NCC1CCCN(C)C1.I. The van der Waals surface area contributed by atoms with E-state index in [1.165, 1.54) is 62.7 Å². The van der Waals surface area contributed by atoms with E-state index in [1.807, 2.05) is 7.05 Å². The van der Waals surface area contributed by atoms with Crippen molar-refractivity contribution in [3.63, 3.8) is 0 Å². The van der Waals surface area contributed by atoms with Crippen LogP contribution in [0.5, 0.6) is 5.75 Å². The van der Waals surface area contributed by atoms with Crippen LogP contribution in [0.1, 0.15) is 49.7 Å². The molecule has 0 spiro atoms. The first-order chi connectivity index (χ1) is 13.1. The molecule has 0 amide bonds. The van der Waals surface area contributed by atoms with Crippen molar-refractivity contribution >= 4 is 29.9 Å². The number of piperidine rings is 1. The molecule has 1 aliphatic carbocycles. The second kappa shape index (κ2) is 11.9. The predicted molar refractivity (Wildman–Crippen MR) is 128 cm³/mol. The summed E-state index contributed by atoms with van der Waals surface area (Å²) in [5, 5.41) is 6.97. The van der Waals surface area contributed by atoms with Crippen molar-refractivity contribution in [1.82, 2.24) is 15.5 Å². The fourth-order valence-corrected chi connectivity index (χ4v) is 4.18. The van der Waals surface area contributed by atoms with Gasteiger partial charge in [0.15, 0.2) is 5.96 Å². The molecule has 2 fully saturated rings. The van der Waals surface area contributed by atoms with Crippen LogP contribution in [0.4, 0.5) is 0 Å². The molecule has 1 aromatic carbocycles. The summed E-state index contributed by atoms with van der Waals surface area (Å²) >= 11 is 0. The van der Waals surface area contributed by atoms with Gasteiger partial charge in [-0.3, -0.25) is 4.99 Å². The molecule has 0 bridgehead atoms. The first kappa shape index (κ1) is 23.3. The van der Waals surface area contributed by atoms with Gasteiger partial charge in [0.2, 0.25) is 0 Å².